The van der Waals surface area contributed by atoms with E-state index in [0.29, 0.717) is 10.7 Å². The Kier molecular flexibility index (Phi) is 3.97. The standard InChI is InChI=1S/C14H13ClN2O/c15-11-8-4-5-9-12(11)17-14(18)13(16)10-6-2-1-3-7-10/h1-9,13H,16H2,(H,17,18)/t13-/m0/s1. The van der Waals surface area contributed by atoms with Gasteiger partial charge in [-0.05, 0) is 17.7 Å². The third kappa shape index (κ3) is 2.88. The Morgan fingerprint density at radius 3 is 2.33 bits per heavy atom. The molecule has 2 aromatic carbocycles. The van der Waals surface area contributed by atoms with Gasteiger partial charge in [0.1, 0.15) is 6.04 Å². The molecule has 0 bridgehead atoms. The third-order valence-corrected chi connectivity index (χ3v) is 2.90. The molecule has 4 heteroatoms. The third-order valence-electron chi connectivity index (χ3n) is 2.57. The molecule has 1 atom stereocenters. The van der Waals surface area contributed by atoms with Gasteiger partial charge in [0.05, 0.1) is 10.7 Å². The van der Waals surface area contributed by atoms with Gasteiger partial charge in [0, 0.05) is 0 Å². The molecule has 0 aromatic heterocycles. The second kappa shape index (κ2) is 5.67. The van der Waals surface area contributed by atoms with Crippen molar-refractivity contribution >= 4 is 23.2 Å². The summed E-state index contributed by atoms with van der Waals surface area (Å²) >= 11 is 5.96. The molecular formula is C14H13ClN2O. The summed E-state index contributed by atoms with van der Waals surface area (Å²) in [7, 11) is 0. The first-order valence-corrected chi connectivity index (χ1v) is 5.92. The lowest BCUT2D eigenvalue weighted by Crippen LogP contribution is -2.27. The van der Waals surface area contributed by atoms with Crippen molar-refractivity contribution in [2.24, 2.45) is 5.73 Å². The minimum atomic E-state index is -0.706. The number of rotatable bonds is 3. The number of nitrogens with one attached hydrogen (secondary N) is 1. The van der Waals surface area contributed by atoms with Crippen molar-refractivity contribution in [1.29, 1.82) is 0 Å². The van der Waals surface area contributed by atoms with Crippen LogP contribution < -0.4 is 11.1 Å². The number of nitrogens with two attached hydrogens (primary N) is 1. The molecule has 3 N–H and O–H groups in total. The van der Waals surface area contributed by atoms with E-state index in [9.17, 15) is 4.79 Å². The second-order valence-corrected chi connectivity index (χ2v) is 4.26. The Labute approximate surface area is 111 Å². The van der Waals surface area contributed by atoms with Gasteiger partial charge in [0.2, 0.25) is 5.91 Å². The first kappa shape index (κ1) is 12.6. The summed E-state index contributed by atoms with van der Waals surface area (Å²) in [6.45, 7) is 0. The quantitative estimate of drug-likeness (QED) is 0.891. The molecule has 0 heterocycles. The molecule has 0 radical (unpaired) electrons. The van der Waals surface area contributed by atoms with E-state index in [-0.39, 0.29) is 5.91 Å². The normalized spacial score (nSPS) is 11.9. The molecule has 0 fully saturated rings. The largest absolute Gasteiger partial charge is 0.323 e. The smallest absolute Gasteiger partial charge is 0.245 e. The highest BCUT2D eigenvalue weighted by Gasteiger charge is 2.16. The number of para-hydroxylation sites is 1. The summed E-state index contributed by atoms with van der Waals surface area (Å²) < 4.78 is 0. The molecule has 18 heavy (non-hydrogen) atoms. The first-order chi connectivity index (χ1) is 8.68. The zero-order chi connectivity index (χ0) is 13.0. The van der Waals surface area contributed by atoms with Gasteiger partial charge in [0.15, 0.2) is 0 Å². The number of carbonyl (C=O) groups excluding carboxylic acids is 1. The van der Waals surface area contributed by atoms with E-state index >= 15 is 0 Å². The average Bonchev–Trinajstić information content (AvgIpc) is 2.41. The Bertz CT molecular complexity index is 543. The molecule has 2 rings (SSSR count). The fourth-order valence-electron chi connectivity index (χ4n) is 1.58. The molecule has 0 aliphatic carbocycles. The number of benzene rings is 2. The topological polar surface area (TPSA) is 55.1 Å². The van der Waals surface area contributed by atoms with Crippen molar-refractivity contribution in [3.8, 4) is 0 Å². The van der Waals surface area contributed by atoms with Crippen LogP contribution in [0.2, 0.25) is 5.02 Å². The lowest BCUT2D eigenvalue weighted by atomic mass is 10.1. The summed E-state index contributed by atoms with van der Waals surface area (Å²) in [4.78, 5) is 12.0. The van der Waals surface area contributed by atoms with E-state index < -0.39 is 6.04 Å². The van der Waals surface area contributed by atoms with Crippen molar-refractivity contribution in [2.45, 2.75) is 6.04 Å². The molecule has 1 amide bonds. The van der Waals surface area contributed by atoms with Gasteiger partial charge >= 0.3 is 0 Å². The van der Waals surface area contributed by atoms with Crippen LogP contribution in [0.1, 0.15) is 11.6 Å². The summed E-state index contributed by atoms with van der Waals surface area (Å²) in [5.41, 5.74) is 7.21. The lowest BCUT2D eigenvalue weighted by Gasteiger charge is -2.13. The number of hydrogen-bond acceptors (Lipinski definition) is 2. The Hall–Kier alpha value is -1.84. The predicted molar refractivity (Wildman–Crippen MR) is 73.5 cm³/mol. The number of amides is 1. The summed E-state index contributed by atoms with van der Waals surface area (Å²) in [5, 5.41) is 3.20. The fourth-order valence-corrected chi connectivity index (χ4v) is 1.77. The summed E-state index contributed by atoms with van der Waals surface area (Å²) in [5.74, 6) is -0.283. The van der Waals surface area contributed by atoms with Gasteiger partial charge in [-0.1, -0.05) is 54.1 Å². The molecular weight excluding hydrogens is 248 g/mol. The molecule has 92 valence electrons. The predicted octanol–water partition coefficient (Wildman–Crippen LogP) is 2.98. The monoisotopic (exact) mass is 260 g/mol. The van der Waals surface area contributed by atoms with Gasteiger partial charge in [-0.15, -0.1) is 0 Å². The van der Waals surface area contributed by atoms with Crippen LogP contribution >= 0.6 is 11.6 Å². The molecule has 0 saturated carbocycles. The molecule has 0 unspecified atom stereocenters. The zero-order valence-corrected chi connectivity index (χ0v) is 10.4. The highest BCUT2D eigenvalue weighted by atomic mass is 35.5. The molecule has 0 spiro atoms. The molecule has 0 saturated heterocycles. The van der Waals surface area contributed by atoms with E-state index in [4.69, 9.17) is 17.3 Å². The van der Waals surface area contributed by atoms with Crippen LogP contribution in [-0.2, 0) is 4.79 Å². The van der Waals surface area contributed by atoms with Crippen molar-refractivity contribution in [2.75, 3.05) is 5.32 Å². The van der Waals surface area contributed by atoms with Gasteiger partial charge in [-0.3, -0.25) is 4.79 Å². The maximum absolute atomic E-state index is 12.0. The SMILES string of the molecule is N[C@H](C(=O)Nc1ccccc1Cl)c1ccccc1. The molecule has 3 nitrogen and oxygen atoms in total. The van der Waals surface area contributed by atoms with Gasteiger partial charge < -0.3 is 11.1 Å². The fraction of sp³-hybridized carbons (Fsp3) is 0.0714. The van der Waals surface area contributed by atoms with Gasteiger partial charge in [0.25, 0.3) is 0 Å². The minimum Gasteiger partial charge on any atom is -0.323 e. The average molecular weight is 261 g/mol. The van der Waals surface area contributed by atoms with Gasteiger partial charge in [-0.2, -0.15) is 0 Å². The second-order valence-electron chi connectivity index (χ2n) is 3.86. The van der Waals surface area contributed by atoms with E-state index in [1.54, 1.807) is 24.3 Å². The number of hydrogen-bond donors (Lipinski definition) is 2. The Morgan fingerprint density at radius 2 is 1.67 bits per heavy atom. The molecule has 0 aliphatic rings. The lowest BCUT2D eigenvalue weighted by molar-refractivity contribution is -0.117. The Balaban J connectivity index is 2.12. The number of halogens is 1. The van der Waals surface area contributed by atoms with Gasteiger partial charge in [-0.25, -0.2) is 0 Å². The van der Waals surface area contributed by atoms with Crippen LogP contribution in [0.15, 0.2) is 54.6 Å². The van der Waals surface area contributed by atoms with Crippen LogP contribution in [0.25, 0.3) is 0 Å². The van der Waals surface area contributed by atoms with Crippen molar-refractivity contribution in [1.82, 2.24) is 0 Å². The Morgan fingerprint density at radius 1 is 1.06 bits per heavy atom. The van der Waals surface area contributed by atoms with E-state index in [1.165, 1.54) is 0 Å². The molecule has 0 aliphatic heterocycles. The molecule has 2 aromatic rings. The zero-order valence-electron chi connectivity index (χ0n) is 9.64. The highest BCUT2D eigenvalue weighted by Crippen LogP contribution is 2.21. The minimum absolute atomic E-state index is 0.283. The number of anilines is 1. The summed E-state index contributed by atoms with van der Waals surface area (Å²) in [6.07, 6.45) is 0. The van der Waals surface area contributed by atoms with Crippen LogP contribution in [0.4, 0.5) is 5.69 Å². The van der Waals surface area contributed by atoms with Crippen LogP contribution in [0.5, 0.6) is 0 Å². The van der Waals surface area contributed by atoms with E-state index in [2.05, 4.69) is 5.32 Å². The van der Waals surface area contributed by atoms with E-state index in [1.807, 2.05) is 30.3 Å². The summed E-state index contributed by atoms with van der Waals surface area (Å²) in [6, 6.07) is 15.5. The maximum atomic E-state index is 12.0. The van der Waals surface area contributed by atoms with Crippen LogP contribution in [0, 0.1) is 0 Å². The van der Waals surface area contributed by atoms with E-state index in [0.717, 1.165) is 5.56 Å². The van der Waals surface area contributed by atoms with Crippen LogP contribution in [0.3, 0.4) is 0 Å². The highest BCUT2D eigenvalue weighted by molar-refractivity contribution is 6.33. The van der Waals surface area contributed by atoms with Crippen molar-refractivity contribution < 1.29 is 4.79 Å². The maximum Gasteiger partial charge on any atom is 0.245 e. The van der Waals surface area contributed by atoms with Crippen molar-refractivity contribution in [3.63, 3.8) is 0 Å². The number of carbonyl (C=O) groups is 1. The van der Waals surface area contributed by atoms with Crippen LogP contribution in [-0.4, -0.2) is 5.91 Å². The van der Waals surface area contributed by atoms with Crippen molar-refractivity contribution in [3.05, 3.63) is 65.2 Å². The first-order valence-electron chi connectivity index (χ1n) is 5.54.